The van der Waals surface area contributed by atoms with Gasteiger partial charge in [-0.1, -0.05) is 6.07 Å². The molecule has 4 N–H and O–H groups in total. The first-order valence-corrected chi connectivity index (χ1v) is 4.99. The van der Waals surface area contributed by atoms with Crippen molar-refractivity contribution >= 4 is 11.4 Å². The van der Waals surface area contributed by atoms with E-state index in [-0.39, 0.29) is 12.6 Å². The number of aliphatic hydroxyl groups excluding tert-OH is 1. The van der Waals surface area contributed by atoms with Gasteiger partial charge in [-0.25, -0.2) is 0 Å². The molecule has 0 saturated carbocycles. The minimum Gasteiger partial charge on any atom is -0.495 e. The minimum atomic E-state index is 0.165. The van der Waals surface area contributed by atoms with Crippen molar-refractivity contribution in [2.45, 2.75) is 19.4 Å². The molecule has 0 spiro atoms. The van der Waals surface area contributed by atoms with Crippen LogP contribution in [0.25, 0.3) is 0 Å². The van der Waals surface area contributed by atoms with Crippen molar-refractivity contribution in [2.75, 3.05) is 24.8 Å². The van der Waals surface area contributed by atoms with Gasteiger partial charge in [0.15, 0.2) is 0 Å². The highest BCUT2D eigenvalue weighted by Crippen LogP contribution is 2.29. The standard InChI is InChI=1S/C11H18N2O2/c1-8(6-7-14)13-9-4-3-5-10(15-2)11(9)12/h3-5,8,13-14H,6-7,12H2,1-2H3. The van der Waals surface area contributed by atoms with Crippen molar-refractivity contribution in [2.24, 2.45) is 0 Å². The Kier molecular flexibility index (Phi) is 4.24. The quantitative estimate of drug-likeness (QED) is 0.644. The SMILES string of the molecule is COc1cccc(NC(C)CCO)c1N. The summed E-state index contributed by atoms with van der Waals surface area (Å²) in [5.74, 6) is 0.663. The molecule has 84 valence electrons. The van der Waals surface area contributed by atoms with Crippen LogP contribution in [-0.2, 0) is 0 Å². The number of nitrogens with two attached hydrogens (primary N) is 1. The molecule has 0 saturated heterocycles. The highest BCUT2D eigenvalue weighted by molar-refractivity contribution is 5.73. The van der Waals surface area contributed by atoms with Gasteiger partial charge >= 0.3 is 0 Å². The molecule has 1 aromatic carbocycles. The number of nitrogen functional groups attached to an aromatic ring is 1. The number of anilines is 2. The second-order valence-electron chi connectivity index (χ2n) is 3.48. The van der Waals surface area contributed by atoms with Gasteiger partial charge in [-0.3, -0.25) is 0 Å². The summed E-state index contributed by atoms with van der Waals surface area (Å²) in [6, 6.07) is 5.77. The zero-order chi connectivity index (χ0) is 11.3. The summed E-state index contributed by atoms with van der Waals surface area (Å²) in [4.78, 5) is 0. The lowest BCUT2D eigenvalue weighted by molar-refractivity contribution is 0.282. The Hall–Kier alpha value is -1.42. The highest BCUT2D eigenvalue weighted by atomic mass is 16.5. The zero-order valence-electron chi connectivity index (χ0n) is 9.16. The van der Waals surface area contributed by atoms with Crippen molar-refractivity contribution < 1.29 is 9.84 Å². The van der Waals surface area contributed by atoms with Crippen LogP contribution in [0.15, 0.2) is 18.2 Å². The minimum absolute atomic E-state index is 0.165. The Morgan fingerprint density at radius 2 is 2.27 bits per heavy atom. The Morgan fingerprint density at radius 3 is 2.87 bits per heavy atom. The molecular weight excluding hydrogens is 192 g/mol. The lowest BCUT2D eigenvalue weighted by Crippen LogP contribution is -2.17. The highest BCUT2D eigenvalue weighted by Gasteiger charge is 2.07. The largest absolute Gasteiger partial charge is 0.495 e. The predicted molar refractivity (Wildman–Crippen MR) is 62.2 cm³/mol. The number of para-hydroxylation sites is 1. The molecule has 0 aromatic heterocycles. The summed E-state index contributed by atoms with van der Waals surface area (Å²) >= 11 is 0. The second-order valence-corrected chi connectivity index (χ2v) is 3.48. The van der Waals surface area contributed by atoms with Crippen molar-refractivity contribution in [1.29, 1.82) is 0 Å². The normalized spacial score (nSPS) is 12.2. The van der Waals surface area contributed by atoms with E-state index in [0.29, 0.717) is 17.9 Å². The third-order valence-corrected chi connectivity index (χ3v) is 2.25. The monoisotopic (exact) mass is 210 g/mol. The van der Waals surface area contributed by atoms with Gasteiger partial charge in [-0.2, -0.15) is 0 Å². The van der Waals surface area contributed by atoms with E-state index in [1.54, 1.807) is 7.11 Å². The van der Waals surface area contributed by atoms with Gasteiger partial charge in [0, 0.05) is 12.6 Å². The Balaban J connectivity index is 2.76. The van der Waals surface area contributed by atoms with E-state index < -0.39 is 0 Å². The van der Waals surface area contributed by atoms with Gasteiger partial charge in [0.25, 0.3) is 0 Å². The summed E-state index contributed by atoms with van der Waals surface area (Å²) in [5.41, 5.74) is 7.33. The number of rotatable bonds is 5. The predicted octanol–water partition coefficient (Wildman–Crippen LogP) is 1.46. The van der Waals surface area contributed by atoms with Crippen LogP contribution < -0.4 is 15.8 Å². The van der Waals surface area contributed by atoms with Gasteiger partial charge < -0.3 is 20.9 Å². The lowest BCUT2D eigenvalue weighted by Gasteiger charge is -2.17. The van der Waals surface area contributed by atoms with Crippen LogP contribution in [0.2, 0.25) is 0 Å². The maximum absolute atomic E-state index is 8.79. The number of benzene rings is 1. The fourth-order valence-corrected chi connectivity index (χ4v) is 1.38. The van der Waals surface area contributed by atoms with Crippen molar-refractivity contribution in [3.05, 3.63) is 18.2 Å². The molecule has 4 nitrogen and oxygen atoms in total. The van der Waals surface area contributed by atoms with Gasteiger partial charge in [0.1, 0.15) is 5.75 Å². The van der Waals surface area contributed by atoms with Crippen LogP contribution in [0, 0.1) is 0 Å². The number of methoxy groups -OCH3 is 1. The molecule has 4 heteroatoms. The Labute approximate surface area is 90.1 Å². The molecule has 1 aromatic rings. The molecule has 0 bridgehead atoms. The fourth-order valence-electron chi connectivity index (χ4n) is 1.38. The van der Waals surface area contributed by atoms with Crippen LogP contribution in [-0.4, -0.2) is 24.9 Å². The molecule has 0 aliphatic carbocycles. The van der Waals surface area contributed by atoms with E-state index >= 15 is 0 Å². The average molecular weight is 210 g/mol. The lowest BCUT2D eigenvalue weighted by atomic mass is 10.2. The molecule has 1 rings (SSSR count). The summed E-state index contributed by atoms with van der Waals surface area (Å²) in [6.45, 7) is 2.16. The summed E-state index contributed by atoms with van der Waals surface area (Å²) in [6.07, 6.45) is 0.691. The van der Waals surface area contributed by atoms with Crippen LogP contribution in [0.1, 0.15) is 13.3 Å². The molecule has 0 aliphatic rings. The smallest absolute Gasteiger partial charge is 0.143 e. The maximum atomic E-state index is 8.79. The van der Waals surface area contributed by atoms with E-state index in [1.807, 2.05) is 25.1 Å². The average Bonchev–Trinajstić information content (AvgIpc) is 2.21. The van der Waals surface area contributed by atoms with Crippen LogP contribution in [0.3, 0.4) is 0 Å². The maximum Gasteiger partial charge on any atom is 0.143 e. The molecule has 0 radical (unpaired) electrons. The molecule has 1 unspecified atom stereocenters. The summed E-state index contributed by atoms with van der Waals surface area (Å²) in [5, 5.41) is 12.0. The topological polar surface area (TPSA) is 67.5 Å². The number of hydrogen-bond acceptors (Lipinski definition) is 4. The second kappa shape index (κ2) is 5.46. The third-order valence-electron chi connectivity index (χ3n) is 2.25. The summed E-state index contributed by atoms with van der Waals surface area (Å²) in [7, 11) is 1.59. The number of nitrogens with one attached hydrogen (secondary N) is 1. The van der Waals surface area contributed by atoms with Crippen molar-refractivity contribution in [3.63, 3.8) is 0 Å². The fraction of sp³-hybridized carbons (Fsp3) is 0.455. The van der Waals surface area contributed by atoms with E-state index in [0.717, 1.165) is 5.69 Å². The first-order chi connectivity index (χ1) is 7.19. The Morgan fingerprint density at radius 1 is 1.53 bits per heavy atom. The molecule has 15 heavy (non-hydrogen) atoms. The van der Waals surface area contributed by atoms with Gasteiger partial charge in [0.2, 0.25) is 0 Å². The molecule has 1 atom stereocenters. The van der Waals surface area contributed by atoms with E-state index in [1.165, 1.54) is 0 Å². The van der Waals surface area contributed by atoms with E-state index in [4.69, 9.17) is 15.6 Å². The van der Waals surface area contributed by atoms with E-state index in [2.05, 4.69) is 5.32 Å². The molecule has 0 aliphatic heterocycles. The first kappa shape index (κ1) is 11.7. The summed E-state index contributed by atoms with van der Waals surface area (Å²) < 4.78 is 5.11. The number of hydrogen-bond donors (Lipinski definition) is 3. The van der Waals surface area contributed by atoms with Crippen molar-refractivity contribution in [3.8, 4) is 5.75 Å². The van der Waals surface area contributed by atoms with Crippen molar-refractivity contribution in [1.82, 2.24) is 0 Å². The zero-order valence-corrected chi connectivity index (χ0v) is 9.16. The molecule has 0 amide bonds. The third kappa shape index (κ3) is 3.02. The van der Waals surface area contributed by atoms with E-state index in [9.17, 15) is 0 Å². The Bertz CT molecular complexity index is 315. The molecule has 0 fully saturated rings. The molecule has 0 heterocycles. The number of aliphatic hydroxyl groups is 1. The van der Waals surface area contributed by atoms with Gasteiger partial charge in [0.05, 0.1) is 18.5 Å². The first-order valence-electron chi connectivity index (χ1n) is 4.99. The van der Waals surface area contributed by atoms with Crippen LogP contribution in [0.5, 0.6) is 5.75 Å². The van der Waals surface area contributed by atoms with Gasteiger partial charge in [-0.15, -0.1) is 0 Å². The van der Waals surface area contributed by atoms with Crippen LogP contribution >= 0.6 is 0 Å². The van der Waals surface area contributed by atoms with Gasteiger partial charge in [-0.05, 0) is 25.5 Å². The molecular formula is C11H18N2O2. The van der Waals surface area contributed by atoms with Crippen LogP contribution in [0.4, 0.5) is 11.4 Å². The number of ether oxygens (including phenoxy) is 1.